The maximum atomic E-state index is 16.4. The largest absolute Gasteiger partial charge is 0.469 e. The normalized spacial score (nSPS) is 23.9. The topological polar surface area (TPSA) is 117 Å². The minimum atomic E-state index is -3.54. The van der Waals surface area contributed by atoms with E-state index in [2.05, 4.69) is 0 Å². The average molecular weight is 668 g/mol. The number of esters is 1. The van der Waals surface area contributed by atoms with Gasteiger partial charge in [-0.05, 0) is 56.1 Å². The maximum Gasteiger partial charge on any atom is 0.305 e. The zero-order valence-corrected chi connectivity index (χ0v) is 28.7. The standard InChI is InChI=1S/C35H46FN3O7Si/c1-24-33(47(3,4)36)29(22-31(42)37(19-20-40)23-25-11-6-5-7-12-25)46-35(24)27-21-26(38-18-10-13-30(38)41)15-16-28(27)39(34(35)44)17-9-8-14-32(43)45-2/h5-7,11-12,15-16,21,24,29,33,40H,8-10,13-14,17-20,22-23H2,1-4H3/t24-,29+,33-,35+/m0/s1. The second-order valence-electron chi connectivity index (χ2n) is 13.3. The van der Waals surface area contributed by atoms with Gasteiger partial charge in [-0.1, -0.05) is 37.3 Å². The lowest BCUT2D eigenvalue weighted by Crippen LogP contribution is -2.45. The number of halogens is 1. The van der Waals surface area contributed by atoms with Crippen LogP contribution in [0.3, 0.4) is 0 Å². The van der Waals surface area contributed by atoms with Crippen molar-refractivity contribution in [2.45, 2.75) is 82.3 Å². The van der Waals surface area contributed by atoms with E-state index in [4.69, 9.17) is 9.47 Å². The number of rotatable bonds is 13. The number of amides is 3. The molecule has 5 rings (SSSR count). The van der Waals surface area contributed by atoms with E-state index >= 15 is 4.11 Å². The molecule has 1 N–H and O–H groups in total. The Hall–Kier alpha value is -3.61. The zero-order valence-electron chi connectivity index (χ0n) is 27.7. The van der Waals surface area contributed by atoms with Crippen LogP contribution in [0, 0.1) is 5.92 Å². The van der Waals surface area contributed by atoms with Crippen molar-refractivity contribution in [1.82, 2.24) is 4.90 Å². The molecule has 2 aromatic carbocycles. The summed E-state index contributed by atoms with van der Waals surface area (Å²) in [5.74, 6) is -1.54. The van der Waals surface area contributed by atoms with Gasteiger partial charge in [0.15, 0.2) is 5.60 Å². The first-order valence-corrected chi connectivity index (χ1v) is 19.5. The molecule has 3 amide bonds. The van der Waals surface area contributed by atoms with E-state index < -0.39 is 31.6 Å². The SMILES string of the molecule is COC(=O)CCCCN1C(=O)[C@]2(O[C@H](CC(=O)N(CCO)Cc3ccccc3)[C@@H]([Si](C)(C)F)[C@@H]2C)c2cc(N3CCCC3=O)ccc21. The molecule has 2 fully saturated rings. The molecule has 0 bridgehead atoms. The zero-order chi connectivity index (χ0) is 33.9. The van der Waals surface area contributed by atoms with Crippen molar-refractivity contribution in [3.05, 3.63) is 59.7 Å². The van der Waals surface area contributed by atoms with Crippen LogP contribution >= 0.6 is 0 Å². The molecule has 0 aliphatic carbocycles. The Labute approximate surface area is 277 Å². The number of methoxy groups -OCH3 is 1. The predicted octanol–water partition coefficient (Wildman–Crippen LogP) is 4.69. The summed E-state index contributed by atoms with van der Waals surface area (Å²) >= 11 is 0. The van der Waals surface area contributed by atoms with Crippen LogP contribution in [0.25, 0.3) is 0 Å². The van der Waals surface area contributed by atoms with E-state index in [9.17, 15) is 24.3 Å². The van der Waals surface area contributed by atoms with Gasteiger partial charge in [-0.2, -0.15) is 0 Å². The Bertz CT molecular complexity index is 1490. The molecule has 4 atom stereocenters. The number of fused-ring (bicyclic) bond motifs is 2. The quantitative estimate of drug-likeness (QED) is 0.143. The smallest absolute Gasteiger partial charge is 0.305 e. The van der Waals surface area contributed by atoms with E-state index in [0.29, 0.717) is 49.3 Å². The molecule has 0 radical (unpaired) electrons. The van der Waals surface area contributed by atoms with Crippen LogP contribution in [0.15, 0.2) is 48.5 Å². The number of hydrogen-bond acceptors (Lipinski definition) is 7. The van der Waals surface area contributed by atoms with Crippen molar-refractivity contribution in [3.8, 4) is 0 Å². The third-order valence-electron chi connectivity index (χ3n) is 9.88. The molecule has 0 aromatic heterocycles. The summed E-state index contributed by atoms with van der Waals surface area (Å²) in [6.45, 7) is 6.06. The Kier molecular flexibility index (Phi) is 10.5. The van der Waals surface area contributed by atoms with Gasteiger partial charge in [-0.25, -0.2) is 0 Å². The van der Waals surface area contributed by atoms with E-state index in [0.717, 1.165) is 12.0 Å². The van der Waals surface area contributed by atoms with Crippen molar-refractivity contribution in [2.75, 3.05) is 43.2 Å². The van der Waals surface area contributed by atoms with Gasteiger partial charge in [-0.15, -0.1) is 0 Å². The Morgan fingerprint density at radius 3 is 2.53 bits per heavy atom. The molecule has 47 heavy (non-hydrogen) atoms. The minimum absolute atomic E-state index is 0.00409. The number of hydrogen-bond donors (Lipinski definition) is 1. The van der Waals surface area contributed by atoms with Crippen molar-refractivity contribution in [2.24, 2.45) is 5.92 Å². The molecule has 2 saturated heterocycles. The summed E-state index contributed by atoms with van der Waals surface area (Å²) in [5, 5.41) is 9.77. The van der Waals surface area contributed by atoms with Gasteiger partial charge < -0.3 is 33.4 Å². The fourth-order valence-corrected chi connectivity index (χ4v) is 10.2. The third-order valence-corrected chi connectivity index (χ3v) is 12.3. The molecular weight excluding hydrogens is 621 g/mol. The van der Waals surface area contributed by atoms with Crippen LogP contribution in [0.4, 0.5) is 15.5 Å². The Morgan fingerprint density at radius 1 is 1.15 bits per heavy atom. The average Bonchev–Trinajstić information content (AvgIpc) is 3.67. The number of aliphatic hydroxyl groups excluding tert-OH is 1. The summed E-state index contributed by atoms with van der Waals surface area (Å²) in [7, 11) is -2.20. The van der Waals surface area contributed by atoms with Crippen LogP contribution in [0.2, 0.25) is 18.6 Å². The summed E-state index contributed by atoms with van der Waals surface area (Å²) in [6.07, 6.45) is 1.43. The maximum absolute atomic E-state index is 16.4. The molecule has 0 unspecified atom stereocenters. The Morgan fingerprint density at radius 2 is 1.89 bits per heavy atom. The molecule has 3 aliphatic heterocycles. The number of carbonyl (C=O) groups is 4. The van der Waals surface area contributed by atoms with Crippen molar-refractivity contribution >= 4 is 43.5 Å². The molecule has 3 aliphatic rings. The van der Waals surface area contributed by atoms with E-state index in [1.165, 1.54) is 7.11 Å². The molecule has 0 saturated carbocycles. The second-order valence-corrected chi connectivity index (χ2v) is 17.1. The van der Waals surface area contributed by atoms with E-state index in [1.54, 1.807) is 27.8 Å². The number of unbranched alkanes of at least 4 members (excludes halogenated alkanes) is 1. The molecular formula is C35H46FN3O7Si. The molecule has 254 valence electrons. The Balaban J connectivity index is 1.50. The van der Waals surface area contributed by atoms with Crippen LogP contribution in [0.5, 0.6) is 0 Å². The number of nitrogens with zero attached hydrogens (tertiary/aromatic N) is 3. The lowest BCUT2D eigenvalue weighted by atomic mass is 9.82. The lowest BCUT2D eigenvalue weighted by molar-refractivity contribution is -0.149. The highest BCUT2D eigenvalue weighted by Gasteiger charge is 2.67. The van der Waals surface area contributed by atoms with E-state index in [-0.39, 0.29) is 56.2 Å². The van der Waals surface area contributed by atoms with Crippen LogP contribution in [0.1, 0.15) is 56.6 Å². The van der Waals surface area contributed by atoms with Gasteiger partial charge in [0, 0.05) is 61.7 Å². The second kappa shape index (κ2) is 14.2. The molecule has 1 spiro atoms. The first-order chi connectivity index (χ1) is 22.4. The minimum Gasteiger partial charge on any atom is -0.469 e. The van der Waals surface area contributed by atoms with Gasteiger partial charge in [0.1, 0.15) is 0 Å². The highest BCUT2D eigenvalue weighted by molar-refractivity contribution is 6.72. The fraction of sp³-hybridized carbons (Fsp3) is 0.543. The predicted molar refractivity (Wildman–Crippen MR) is 178 cm³/mol. The number of carbonyl (C=O) groups excluding carboxylic acids is 4. The highest BCUT2D eigenvalue weighted by atomic mass is 28.4. The highest BCUT2D eigenvalue weighted by Crippen LogP contribution is 2.60. The third kappa shape index (κ3) is 6.86. The van der Waals surface area contributed by atoms with Gasteiger partial charge in [-0.3, -0.25) is 19.2 Å². The van der Waals surface area contributed by atoms with Gasteiger partial charge >= 0.3 is 5.97 Å². The molecule has 3 heterocycles. The summed E-state index contributed by atoms with van der Waals surface area (Å²) in [5.41, 5.74) is 0.526. The number of ether oxygens (including phenoxy) is 2. The van der Waals surface area contributed by atoms with Gasteiger partial charge in [0.05, 0.1) is 31.9 Å². The molecule has 12 heteroatoms. The van der Waals surface area contributed by atoms with Crippen LogP contribution in [-0.2, 0) is 40.8 Å². The summed E-state index contributed by atoms with van der Waals surface area (Å²) < 4.78 is 28.0. The number of aliphatic hydroxyl groups is 1. The monoisotopic (exact) mass is 667 g/mol. The van der Waals surface area contributed by atoms with Gasteiger partial charge in [0.25, 0.3) is 5.91 Å². The summed E-state index contributed by atoms with van der Waals surface area (Å²) in [4.78, 5) is 57.8. The van der Waals surface area contributed by atoms with Crippen molar-refractivity contribution in [1.29, 1.82) is 0 Å². The molecule has 2 aromatic rings. The number of benzene rings is 2. The lowest BCUT2D eigenvalue weighted by Gasteiger charge is -2.31. The van der Waals surface area contributed by atoms with Crippen LogP contribution < -0.4 is 9.80 Å². The van der Waals surface area contributed by atoms with Crippen molar-refractivity contribution < 1.29 is 37.9 Å². The van der Waals surface area contributed by atoms with E-state index in [1.807, 2.05) is 55.5 Å². The summed E-state index contributed by atoms with van der Waals surface area (Å²) in [6, 6.07) is 14.9. The molecule has 10 nitrogen and oxygen atoms in total. The first-order valence-electron chi connectivity index (χ1n) is 16.5. The first kappa shape index (κ1) is 34.7. The number of anilines is 2. The fourth-order valence-electron chi connectivity index (χ4n) is 7.71. The van der Waals surface area contributed by atoms with Gasteiger partial charge in [0.2, 0.25) is 20.2 Å². The van der Waals surface area contributed by atoms with Crippen molar-refractivity contribution in [3.63, 3.8) is 0 Å². The van der Waals surface area contributed by atoms with Crippen LogP contribution in [-0.4, -0.2) is 81.6 Å².